The van der Waals surface area contributed by atoms with Crippen molar-refractivity contribution in [3.05, 3.63) is 148 Å². The Bertz CT molecular complexity index is 2490. The van der Waals surface area contributed by atoms with Gasteiger partial charge in [0.2, 0.25) is 6.04 Å². The Kier molecular flexibility index (Phi) is 14.5. The number of fused-ring (bicyclic) bond motifs is 6. The second kappa shape index (κ2) is 20.0. The van der Waals surface area contributed by atoms with Crippen LogP contribution in [-0.2, 0) is 33.8 Å². The van der Waals surface area contributed by atoms with E-state index in [-0.39, 0.29) is 41.8 Å². The highest BCUT2D eigenvalue weighted by molar-refractivity contribution is 7.86. The van der Waals surface area contributed by atoms with Crippen LogP contribution >= 0.6 is 0 Å². The number of imide groups is 1. The van der Waals surface area contributed by atoms with Gasteiger partial charge < -0.3 is 31.4 Å². The van der Waals surface area contributed by atoms with E-state index in [1.54, 1.807) is 32.9 Å². The molecule has 7 rings (SSSR count). The maximum absolute atomic E-state index is 16.1. The van der Waals surface area contributed by atoms with Gasteiger partial charge in [-0.2, -0.15) is 18.0 Å². The smallest absolute Gasteiger partial charge is 0.418 e. The Labute approximate surface area is 380 Å². The lowest BCUT2D eigenvalue weighted by Crippen LogP contribution is -2.69. The summed E-state index contributed by atoms with van der Waals surface area (Å²) in [7, 11) is -5.43. The minimum absolute atomic E-state index is 0.0434. The summed E-state index contributed by atoms with van der Waals surface area (Å²) in [4.78, 5) is 59.4. The maximum atomic E-state index is 16.1. The number of quaternary nitrogens is 1. The first-order valence-corrected chi connectivity index (χ1v) is 23.6. The number of hydrogen-bond donors (Lipinski definition) is 3. The molecular formula is C51H57N4O9S+. The first-order valence-electron chi connectivity index (χ1n) is 22.1. The Balaban J connectivity index is 1.40. The summed E-state index contributed by atoms with van der Waals surface area (Å²) in [5, 5.41) is 0. The number of aryl methyl sites for hydroxylation is 3. The molecule has 0 spiro atoms. The largest absolute Gasteiger partial charge is 0.543 e. The molecule has 6 N–H and O–H groups in total. The van der Waals surface area contributed by atoms with Crippen LogP contribution in [0.3, 0.4) is 0 Å². The Morgan fingerprint density at radius 1 is 0.585 bits per heavy atom. The maximum Gasteiger partial charge on any atom is 0.543 e. The predicted molar refractivity (Wildman–Crippen MR) is 247 cm³/mol. The van der Waals surface area contributed by atoms with Crippen LogP contribution in [0.25, 0.3) is 22.3 Å². The zero-order valence-corrected chi connectivity index (χ0v) is 37.9. The lowest BCUT2D eigenvalue weighted by atomic mass is 9.98. The van der Waals surface area contributed by atoms with Crippen LogP contribution in [0.2, 0.25) is 0 Å². The van der Waals surface area contributed by atoms with Gasteiger partial charge in [-0.05, 0) is 119 Å². The number of nitrogens with zero attached hydrogens (tertiary/aromatic N) is 1. The molecular weight excluding hydrogens is 845 g/mol. The number of benzene rings is 5. The van der Waals surface area contributed by atoms with Crippen molar-refractivity contribution in [2.75, 3.05) is 26.3 Å². The van der Waals surface area contributed by atoms with E-state index in [0.29, 0.717) is 24.9 Å². The third kappa shape index (κ3) is 8.88. The van der Waals surface area contributed by atoms with E-state index in [9.17, 15) is 9.59 Å². The van der Waals surface area contributed by atoms with E-state index in [1.807, 2.05) is 97.1 Å². The Hall–Kier alpha value is -6.03. The monoisotopic (exact) mass is 901 g/mol. The number of rotatable bonds is 17. The van der Waals surface area contributed by atoms with E-state index in [1.165, 1.54) is 0 Å². The number of amides is 2. The van der Waals surface area contributed by atoms with Gasteiger partial charge in [0.25, 0.3) is 0 Å². The fraction of sp³-hybridized carbons (Fsp3) is 0.333. The average molecular weight is 902 g/mol. The molecule has 0 saturated carbocycles. The molecule has 0 saturated heterocycles. The third-order valence-corrected chi connectivity index (χ3v) is 15.0. The molecule has 13 nitrogen and oxygen atoms in total. The molecule has 0 heterocycles. The van der Waals surface area contributed by atoms with Crippen molar-refractivity contribution in [3.8, 4) is 22.3 Å². The van der Waals surface area contributed by atoms with E-state index in [0.717, 1.165) is 44.5 Å². The Morgan fingerprint density at radius 2 is 0.969 bits per heavy atom. The number of carbonyl (C=O) groups is 4. The number of carbonyl (C=O) groups excluding carboxylic acids is 4. The second-order valence-electron chi connectivity index (χ2n) is 16.9. The highest BCUT2D eigenvalue weighted by Crippen LogP contribution is 2.47. The Morgan fingerprint density at radius 3 is 1.37 bits per heavy atom. The van der Waals surface area contributed by atoms with Gasteiger partial charge in [0.05, 0.1) is 0 Å². The molecule has 14 heteroatoms. The van der Waals surface area contributed by atoms with Gasteiger partial charge in [0, 0.05) is 18.3 Å². The first-order chi connectivity index (χ1) is 31.3. The van der Waals surface area contributed by atoms with Crippen LogP contribution in [0.4, 0.5) is 9.59 Å². The predicted octanol–water partition coefficient (Wildman–Crippen LogP) is 8.04. The number of ether oxygens (including phenoxy) is 3. The molecule has 2 aliphatic carbocycles. The molecule has 5 aromatic rings. The fourth-order valence-corrected chi connectivity index (χ4v) is 11.8. The molecule has 0 unspecified atom stereocenters. The number of hydrogen-bond acceptors (Lipinski definition) is 12. The lowest BCUT2D eigenvalue weighted by Gasteiger charge is -2.35. The zero-order chi connectivity index (χ0) is 46.5. The van der Waals surface area contributed by atoms with Crippen molar-refractivity contribution in [3.63, 3.8) is 0 Å². The van der Waals surface area contributed by atoms with Crippen LogP contribution in [0.15, 0.2) is 114 Å². The van der Waals surface area contributed by atoms with Crippen molar-refractivity contribution in [2.24, 2.45) is 17.2 Å². The second-order valence-corrected chi connectivity index (χ2v) is 18.8. The van der Waals surface area contributed by atoms with Gasteiger partial charge in [-0.15, -0.1) is 0 Å². The standard InChI is InChI=1S/C51H57N4O9S/c1-32-28-33(2)47(34(3)29-32)65(60,61)55(46(25-13-15-27-53)49(57)64-48(56)45(54)24-12-14-26-52,50(58)62-30-43-39-20-8-4-16-35(39)36-17-5-9-21-40(36)43)51(59)63-31-44-41-22-10-6-18-37(41)38-19-7-11-23-42(38)44/h4-11,16-23,28-29,43-46H,12-15,24-27,30-31,52-54H2,1-3H3/q+1/t45-,46-/m0/s1. The molecule has 5 aromatic carbocycles. The summed E-state index contributed by atoms with van der Waals surface area (Å²) in [5.74, 6) is -3.77. The zero-order valence-electron chi connectivity index (χ0n) is 37.0. The minimum Gasteiger partial charge on any atom is -0.418 e. The average Bonchev–Trinajstić information content (AvgIpc) is 3.78. The van der Waals surface area contributed by atoms with Crippen LogP contribution in [-0.4, -0.2) is 74.8 Å². The molecule has 0 bridgehead atoms. The number of esters is 2. The van der Waals surface area contributed by atoms with E-state index < -0.39 is 81.6 Å². The molecule has 0 radical (unpaired) electrons. The van der Waals surface area contributed by atoms with E-state index in [4.69, 9.17) is 31.4 Å². The quantitative estimate of drug-likeness (QED) is 0.0266. The fourth-order valence-electron chi connectivity index (χ4n) is 9.59. The SMILES string of the molecule is Cc1cc(C)c(S(=O)(=O)[N+](C(=O)OCC2c3ccccc3-c3ccccc32)(C(=O)OCC2c3ccccc3-c3ccccc32)[C@@H](CCCCN)C(=O)OC(=O)[C@@H](N)CCCCN)c(C)c1. The molecule has 0 aromatic heterocycles. The topological polar surface area (TPSA) is 208 Å². The van der Waals surface area contributed by atoms with Crippen molar-refractivity contribution >= 4 is 34.1 Å². The van der Waals surface area contributed by atoms with Gasteiger partial charge in [-0.25, -0.2) is 9.59 Å². The first kappa shape index (κ1) is 46.9. The number of nitrogens with two attached hydrogens (primary N) is 3. The van der Waals surface area contributed by atoms with Crippen LogP contribution in [0.5, 0.6) is 0 Å². The van der Waals surface area contributed by atoms with Crippen LogP contribution in [0.1, 0.15) is 89.3 Å². The molecule has 0 fully saturated rings. The van der Waals surface area contributed by atoms with Crippen molar-refractivity contribution in [1.82, 2.24) is 0 Å². The molecule has 340 valence electrons. The summed E-state index contributed by atoms with van der Waals surface area (Å²) < 4.78 is 47.6. The summed E-state index contributed by atoms with van der Waals surface area (Å²) in [6.45, 7) is 4.52. The molecule has 2 aliphatic rings. The minimum atomic E-state index is -5.43. The molecule has 0 aliphatic heterocycles. The van der Waals surface area contributed by atoms with Gasteiger partial charge in [0.1, 0.15) is 24.2 Å². The van der Waals surface area contributed by atoms with Crippen LogP contribution < -0.4 is 17.2 Å². The summed E-state index contributed by atoms with van der Waals surface area (Å²) in [6, 6.07) is 30.0. The van der Waals surface area contributed by atoms with Crippen molar-refractivity contribution < 1.29 is 45.7 Å². The van der Waals surface area contributed by atoms with Gasteiger partial charge in [-0.3, -0.25) is 0 Å². The summed E-state index contributed by atoms with van der Waals surface area (Å²) >= 11 is 0. The van der Waals surface area contributed by atoms with Gasteiger partial charge >= 0.3 is 34.1 Å². The number of unbranched alkanes of at least 4 members (excludes halogenated alkanes) is 2. The summed E-state index contributed by atoms with van der Waals surface area (Å²) in [5.41, 5.74) is 25.8. The van der Waals surface area contributed by atoms with Crippen molar-refractivity contribution in [2.45, 2.75) is 88.1 Å². The van der Waals surface area contributed by atoms with Crippen molar-refractivity contribution in [1.29, 1.82) is 0 Å². The molecule has 2 atom stereocenters. The normalized spacial score (nSPS) is 14.1. The number of sulfonamides is 1. The highest BCUT2D eigenvalue weighted by Gasteiger charge is 2.69. The highest BCUT2D eigenvalue weighted by atomic mass is 32.2. The van der Waals surface area contributed by atoms with Gasteiger partial charge in [-0.1, -0.05) is 121 Å². The third-order valence-electron chi connectivity index (χ3n) is 12.6. The van der Waals surface area contributed by atoms with Crippen LogP contribution in [0, 0.1) is 20.8 Å². The molecule has 65 heavy (non-hydrogen) atoms. The summed E-state index contributed by atoms with van der Waals surface area (Å²) in [6.07, 6.45) is -2.25. The lowest BCUT2D eigenvalue weighted by molar-refractivity contribution is -0.677. The van der Waals surface area contributed by atoms with Gasteiger partial charge in [0.15, 0.2) is 0 Å². The molecule has 2 amide bonds. The van der Waals surface area contributed by atoms with E-state index in [2.05, 4.69) is 0 Å². The van der Waals surface area contributed by atoms with E-state index >= 15 is 18.0 Å².